The van der Waals surface area contributed by atoms with E-state index in [9.17, 15) is 4.39 Å². The minimum atomic E-state index is -0.336. The van der Waals surface area contributed by atoms with E-state index < -0.39 is 0 Å². The Bertz CT molecular complexity index is 1160. The molecule has 0 saturated heterocycles. The maximum Gasteiger partial charge on any atom is 0.258 e. The minimum absolute atomic E-state index is 0.294. The van der Waals surface area contributed by atoms with Gasteiger partial charge in [-0.2, -0.15) is 4.98 Å². The normalized spacial score (nSPS) is 16.4. The fourth-order valence-electron chi connectivity index (χ4n) is 3.81. The number of methoxy groups -OCH3 is 1. The number of nitrogens with zero attached hydrogens (tertiary/aromatic N) is 3. The van der Waals surface area contributed by atoms with Crippen LogP contribution in [0.5, 0.6) is 5.75 Å². The molecule has 172 valence electrons. The second kappa shape index (κ2) is 9.70. The highest BCUT2D eigenvalue weighted by Crippen LogP contribution is 2.37. The van der Waals surface area contributed by atoms with Crippen LogP contribution in [-0.4, -0.2) is 33.8 Å². The van der Waals surface area contributed by atoms with Gasteiger partial charge in [0.05, 0.1) is 18.7 Å². The average molecular weight is 467 g/mol. The molecule has 6 nitrogen and oxygen atoms in total. The second-order valence-corrected chi connectivity index (χ2v) is 8.81. The van der Waals surface area contributed by atoms with Crippen LogP contribution in [0, 0.1) is 11.7 Å². The fourth-order valence-corrected chi connectivity index (χ4v) is 4.16. The molecule has 1 unspecified atom stereocenters. The van der Waals surface area contributed by atoms with Gasteiger partial charge in [0.15, 0.2) is 5.11 Å². The Morgan fingerprint density at radius 3 is 2.48 bits per heavy atom. The van der Waals surface area contributed by atoms with Crippen LogP contribution in [0.15, 0.2) is 58.8 Å². The van der Waals surface area contributed by atoms with Crippen molar-refractivity contribution in [2.24, 2.45) is 5.92 Å². The predicted octanol–water partition coefficient (Wildman–Crippen LogP) is 5.59. The van der Waals surface area contributed by atoms with Crippen LogP contribution in [0.3, 0.4) is 0 Å². The van der Waals surface area contributed by atoms with Crippen molar-refractivity contribution >= 4 is 22.9 Å². The van der Waals surface area contributed by atoms with E-state index >= 15 is 0 Å². The largest absolute Gasteiger partial charge is 0.497 e. The number of hydrogen-bond donors (Lipinski definition) is 1. The van der Waals surface area contributed by atoms with E-state index in [1.54, 1.807) is 19.2 Å². The number of thiocarbonyl (C=S) groups is 1. The first-order chi connectivity index (χ1) is 15.9. The van der Waals surface area contributed by atoms with Gasteiger partial charge in [0.1, 0.15) is 11.6 Å². The smallest absolute Gasteiger partial charge is 0.258 e. The minimum Gasteiger partial charge on any atom is -0.497 e. The number of ether oxygens (including phenoxy) is 1. The van der Waals surface area contributed by atoms with Gasteiger partial charge in [0.25, 0.3) is 5.89 Å². The van der Waals surface area contributed by atoms with E-state index in [2.05, 4.69) is 29.2 Å². The van der Waals surface area contributed by atoms with Crippen LogP contribution in [0.1, 0.15) is 44.7 Å². The zero-order valence-corrected chi connectivity index (χ0v) is 19.9. The number of nitrogens with one attached hydrogen (secondary N) is 1. The number of aromatic nitrogens is 2. The summed E-state index contributed by atoms with van der Waals surface area (Å²) in [7, 11) is 1.62. The highest BCUT2D eigenvalue weighted by atomic mass is 32.1. The first-order valence-electron chi connectivity index (χ1n) is 10.9. The van der Waals surface area contributed by atoms with Gasteiger partial charge in [0.2, 0.25) is 5.82 Å². The van der Waals surface area contributed by atoms with Gasteiger partial charge < -0.3 is 19.5 Å². The van der Waals surface area contributed by atoms with Gasteiger partial charge in [-0.15, -0.1) is 0 Å². The maximum absolute atomic E-state index is 13.6. The Balaban J connectivity index is 1.76. The zero-order valence-electron chi connectivity index (χ0n) is 19.1. The molecule has 0 amide bonds. The summed E-state index contributed by atoms with van der Waals surface area (Å²) in [6, 6.07) is 13.5. The lowest BCUT2D eigenvalue weighted by Gasteiger charge is -2.37. The van der Waals surface area contributed by atoms with Crippen molar-refractivity contribution < 1.29 is 13.7 Å². The molecular formula is C25H27FN4O2S. The van der Waals surface area contributed by atoms with Gasteiger partial charge in [-0.1, -0.05) is 31.1 Å². The molecule has 3 aromatic rings. The first kappa shape index (κ1) is 22.9. The molecule has 0 spiro atoms. The number of benzene rings is 2. The lowest BCUT2D eigenvalue weighted by atomic mass is 9.94. The maximum atomic E-state index is 13.6. The fraction of sp³-hybridized carbons (Fsp3) is 0.320. The van der Waals surface area contributed by atoms with Crippen molar-refractivity contribution in [2.45, 2.75) is 33.2 Å². The first-order valence-corrected chi connectivity index (χ1v) is 11.3. The summed E-state index contributed by atoms with van der Waals surface area (Å²) in [6.45, 7) is 7.15. The van der Waals surface area contributed by atoms with E-state index in [1.807, 2.05) is 31.2 Å². The Hall–Kier alpha value is -3.26. The molecule has 1 atom stereocenters. The van der Waals surface area contributed by atoms with Gasteiger partial charge in [0, 0.05) is 17.8 Å². The summed E-state index contributed by atoms with van der Waals surface area (Å²) in [5.74, 6) is 1.87. The van der Waals surface area contributed by atoms with Crippen molar-refractivity contribution in [3.8, 4) is 17.1 Å². The zero-order chi connectivity index (χ0) is 23.5. The molecule has 8 heteroatoms. The Kier molecular flexibility index (Phi) is 6.74. The third-order valence-electron chi connectivity index (χ3n) is 5.73. The summed E-state index contributed by atoms with van der Waals surface area (Å²) >= 11 is 5.70. The van der Waals surface area contributed by atoms with E-state index in [0.29, 0.717) is 22.7 Å². The van der Waals surface area contributed by atoms with Crippen LogP contribution in [0.2, 0.25) is 0 Å². The van der Waals surface area contributed by atoms with Gasteiger partial charge in [-0.3, -0.25) is 0 Å². The standard InChI is InChI=1S/C25H27FN4O2S/c1-15(2)13-14-30-16(3)21(22(27-25(30)33)17-5-9-19(26)10-6-17)24-28-23(29-32-24)18-7-11-20(31-4)12-8-18/h5-12,15,22H,13-14H2,1-4H3,(H,27,33). The monoisotopic (exact) mass is 466 g/mol. The molecule has 1 N–H and O–H groups in total. The Morgan fingerprint density at radius 2 is 1.85 bits per heavy atom. The predicted molar refractivity (Wildman–Crippen MR) is 130 cm³/mol. The molecule has 1 aliphatic rings. The highest BCUT2D eigenvalue weighted by molar-refractivity contribution is 7.80. The number of halogens is 1. The van der Waals surface area contributed by atoms with Gasteiger partial charge in [-0.25, -0.2) is 4.39 Å². The lowest BCUT2D eigenvalue weighted by Crippen LogP contribution is -2.46. The summed E-state index contributed by atoms with van der Waals surface area (Å²) in [5.41, 5.74) is 3.45. The highest BCUT2D eigenvalue weighted by Gasteiger charge is 2.34. The van der Waals surface area contributed by atoms with E-state index in [1.165, 1.54) is 12.1 Å². The van der Waals surface area contributed by atoms with Crippen LogP contribution in [0.4, 0.5) is 4.39 Å². The lowest BCUT2D eigenvalue weighted by molar-refractivity contribution is 0.390. The summed E-state index contributed by atoms with van der Waals surface area (Å²) in [4.78, 5) is 6.77. The topological polar surface area (TPSA) is 63.4 Å². The molecule has 2 heterocycles. The van der Waals surface area contributed by atoms with Crippen molar-refractivity contribution in [2.75, 3.05) is 13.7 Å². The molecule has 2 aromatic carbocycles. The third kappa shape index (κ3) is 4.90. The molecule has 4 rings (SSSR count). The quantitative estimate of drug-likeness (QED) is 0.455. The van der Waals surface area contributed by atoms with E-state index in [-0.39, 0.29) is 11.9 Å². The third-order valence-corrected chi connectivity index (χ3v) is 6.07. The summed E-state index contributed by atoms with van der Waals surface area (Å²) < 4.78 is 24.6. The second-order valence-electron chi connectivity index (χ2n) is 8.42. The average Bonchev–Trinajstić information content (AvgIpc) is 3.28. The van der Waals surface area contributed by atoms with Crippen LogP contribution in [0.25, 0.3) is 17.0 Å². The van der Waals surface area contributed by atoms with E-state index in [0.717, 1.165) is 41.1 Å². The molecule has 1 aliphatic heterocycles. The van der Waals surface area contributed by atoms with Gasteiger partial charge in [-0.05, 0) is 73.4 Å². The van der Waals surface area contributed by atoms with E-state index in [4.69, 9.17) is 26.5 Å². The van der Waals surface area contributed by atoms with Crippen molar-refractivity contribution in [3.05, 3.63) is 71.5 Å². The summed E-state index contributed by atoms with van der Waals surface area (Å²) in [5, 5.41) is 8.24. The molecular weight excluding hydrogens is 439 g/mol. The van der Waals surface area contributed by atoms with Crippen LogP contribution < -0.4 is 10.1 Å². The molecule has 33 heavy (non-hydrogen) atoms. The van der Waals surface area contributed by atoms with Crippen molar-refractivity contribution in [3.63, 3.8) is 0 Å². The van der Waals surface area contributed by atoms with Crippen LogP contribution >= 0.6 is 12.2 Å². The molecule has 0 aliphatic carbocycles. The molecule has 0 saturated carbocycles. The molecule has 0 radical (unpaired) electrons. The summed E-state index contributed by atoms with van der Waals surface area (Å²) in [6.07, 6.45) is 0.981. The van der Waals surface area contributed by atoms with Crippen molar-refractivity contribution in [1.29, 1.82) is 0 Å². The molecule has 1 aromatic heterocycles. The van der Waals surface area contributed by atoms with Crippen molar-refractivity contribution in [1.82, 2.24) is 20.4 Å². The Labute approximate surface area is 198 Å². The Morgan fingerprint density at radius 1 is 1.15 bits per heavy atom. The molecule has 0 bridgehead atoms. The SMILES string of the molecule is COc1ccc(-c2noc(C3=C(C)N(CCC(C)C)C(=S)NC3c3ccc(F)cc3)n2)cc1. The number of allylic oxidation sites excluding steroid dienone is 1. The number of hydrogen-bond acceptors (Lipinski definition) is 5. The molecule has 0 fully saturated rings. The van der Waals surface area contributed by atoms with Crippen LogP contribution in [-0.2, 0) is 0 Å². The number of rotatable bonds is 7. The van der Waals surface area contributed by atoms with Gasteiger partial charge >= 0.3 is 0 Å².